The van der Waals surface area contributed by atoms with Crippen molar-refractivity contribution < 1.29 is 22.7 Å². The molecule has 1 N–H and O–H groups in total. The molecule has 1 fully saturated rings. The fourth-order valence-electron chi connectivity index (χ4n) is 3.11. The lowest BCUT2D eigenvalue weighted by molar-refractivity contribution is -0.152. The van der Waals surface area contributed by atoms with Crippen LogP contribution in [0, 0.1) is 0 Å². The van der Waals surface area contributed by atoms with Gasteiger partial charge in [0.1, 0.15) is 0 Å². The smallest absolute Gasteiger partial charge is 0.307 e. The molecular weight excluding hydrogens is 436 g/mol. The summed E-state index contributed by atoms with van der Waals surface area (Å²) in [6.45, 7) is 2.57. The van der Waals surface area contributed by atoms with E-state index in [4.69, 9.17) is 4.74 Å². The SMILES string of the molecule is CC(OC(=O)CCSc1ccccc1)C(=O)Nc1ccc(S(=O)(=O)N2CCCC2)cc1. The molecule has 0 aliphatic carbocycles. The Morgan fingerprint density at radius 3 is 2.35 bits per heavy atom. The lowest BCUT2D eigenvalue weighted by Crippen LogP contribution is -2.30. The quantitative estimate of drug-likeness (QED) is 0.453. The van der Waals surface area contributed by atoms with Gasteiger partial charge in [-0.25, -0.2) is 8.42 Å². The molecule has 1 unspecified atom stereocenters. The lowest BCUT2D eigenvalue weighted by Gasteiger charge is -2.16. The van der Waals surface area contributed by atoms with Crippen molar-refractivity contribution in [2.24, 2.45) is 0 Å². The zero-order valence-corrected chi connectivity index (χ0v) is 19.0. The number of carbonyl (C=O) groups is 2. The molecule has 31 heavy (non-hydrogen) atoms. The van der Waals surface area contributed by atoms with Gasteiger partial charge in [0, 0.05) is 29.4 Å². The lowest BCUT2D eigenvalue weighted by atomic mass is 10.3. The van der Waals surface area contributed by atoms with E-state index in [0.717, 1.165) is 17.7 Å². The van der Waals surface area contributed by atoms with Gasteiger partial charge in [0.05, 0.1) is 11.3 Å². The van der Waals surface area contributed by atoms with Gasteiger partial charge in [0.25, 0.3) is 5.91 Å². The Bertz CT molecular complexity index is 988. The van der Waals surface area contributed by atoms with Crippen molar-refractivity contribution >= 4 is 39.3 Å². The number of hydrogen-bond donors (Lipinski definition) is 1. The standard InChI is InChI=1S/C22H26N2O5S2/c1-17(29-21(25)13-16-30-19-7-3-2-4-8-19)22(26)23-18-9-11-20(12-10-18)31(27,28)24-14-5-6-15-24/h2-4,7-12,17H,5-6,13-16H2,1H3,(H,23,26). The van der Waals surface area contributed by atoms with Crippen LogP contribution in [-0.4, -0.2) is 49.5 Å². The molecule has 166 valence electrons. The number of amides is 1. The van der Waals surface area contributed by atoms with Crippen LogP contribution in [0.15, 0.2) is 64.4 Å². The molecule has 1 aliphatic heterocycles. The number of sulfonamides is 1. The Hall–Kier alpha value is -2.36. The van der Waals surface area contributed by atoms with Gasteiger partial charge < -0.3 is 10.1 Å². The summed E-state index contributed by atoms with van der Waals surface area (Å²) in [5.41, 5.74) is 0.438. The highest BCUT2D eigenvalue weighted by molar-refractivity contribution is 7.99. The van der Waals surface area contributed by atoms with Gasteiger partial charge in [0.15, 0.2) is 6.10 Å². The summed E-state index contributed by atoms with van der Waals surface area (Å²) >= 11 is 1.55. The first-order chi connectivity index (χ1) is 14.9. The molecule has 1 aliphatic rings. The van der Waals surface area contributed by atoms with Crippen molar-refractivity contribution in [2.45, 2.75) is 42.1 Å². The average molecular weight is 463 g/mol. The summed E-state index contributed by atoms with van der Waals surface area (Å²) in [6, 6.07) is 15.7. The zero-order valence-electron chi connectivity index (χ0n) is 17.3. The molecule has 1 saturated heterocycles. The van der Waals surface area contributed by atoms with Crippen LogP contribution in [0.4, 0.5) is 5.69 Å². The number of anilines is 1. The van der Waals surface area contributed by atoms with Crippen LogP contribution >= 0.6 is 11.8 Å². The third kappa shape index (κ3) is 6.56. The molecule has 1 amide bonds. The van der Waals surface area contributed by atoms with E-state index in [9.17, 15) is 18.0 Å². The summed E-state index contributed by atoms with van der Waals surface area (Å²) in [4.78, 5) is 25.6. The van der Waals surface area contributed by atoms with Gasteiger partial charge >= 0.3 is 5.97 Å². The number of thioether (sulfide) groups is 1. The predicted molar refractivity (Wildman–Crippen MR) is 120 cm³/mol. The summed E-state index contributed by atoms with van der Waals surface area (Å²) in [5.74, 6) is -0.359. The van der Waals surface area contributed by atoms with Crippen LogP contribution in [0.5, 0.6) is 0 Å². The van der Waals surface area contributed by atoms with E-state index >= 15 is 0 Å². The highest BCUT2D eigenvalue weighted by Gasteiger charge is 2.27. The molecule has 3 rings (SSSR count). The van der Waals surface area contributed by atoms with E-state index in [2.05, 4.69) is 5.32 Å². The number of nitrogens with zero attached hydrogens (tertiary/aromatic N) is 1. The van der Waals surface area contributed by atoms with Crippen molar-refractivity contribution in [3.05, 3.63) is 54.6 Å². The molecule has 0 spiro atoms. The van der Waals surface area contributed by atoms with Crippen LogP contribution in [0.1, 0.15) is 26.2 Å². The summed E-state index contributed by atoms with van der Waals surface area (Å²) in [5, 5.41) is 2.65. The van der Waals surface area contributed by atoms with Crippen molar-refractivity contribution in [1.29, 1.82) is 0 Å². The summed E-state index contributed by atoms with van der Waals surface area (Å²) < 4.78 is 31.8. The number of nitrogens with one attached hydrogen (secondary N) is 1. The van der Waals surface area contributed by atoms with E-state index in [0.29, 0.717) is 24.5 Å². The number of rotatable bonds is 9. The first kappa shape index (κ1) is 23.3. The number of benzene rings is 2. The second-order valence-electron chi connectivity index (χ2n) is 7.17. The van der Waals surface area contributed by atoms with E-state index in [1.165, 1.54) is 35.5 Å². The Morgan fingerprint density at radius 1 is 1.06 bits per heavy atom. The minimum absolute atomic E-state index is 0.195. The maximum Gasteiger partial charge on any atom is 0.307 e. The third-order valence-electron chi connectivity index (χ3n) is 4.82. The minimum atomic E-state index is -3.50. The summed E-state index contributed by atoms with van der Waals surface area (Å²) in [7, 11) is -3.50. The molecule has 1 heterocycles. The van der Waals surface area contributed by atoms with Crippen molar-refractivity contribution in [1.82, 2.24) is 4.31 Å². The Kier molecular flexibility index (Phi) is 8.11. The van der Waals surface area contributed by atoms with Crippen molar-refractivity contribution in [3.8, 4) is 0 Å². The zero-order chi connectivity index (χ0) is 22.3. The fourth-order valence-corrected chi connectivity index (χ4v) is 5.48. The highest BCUT2D eigenvalue weighted by Crippen LogP contribution is 2.22. The van der Waals surface area contributed by atoms with Crippen molar-refractivity contribution in [2.75, 3.05) is 24.2 Å². The largest absolute Gasteiger partial charge is 0.453 e. The molecule has 0 radical (unpaired) electrons. The van der Waals surface area contributed by atoms with Crippen LogP contribution in [-0.2, 0) is 24.3 Å². The molecule has 7 nitrogen and oxygen atoms in total. The second-order valence-corrected chi connectivity index (χ2v) is 10.3. The van der Waals surface area contributed by atoms with Crippen LogP contribution in [0.2, 0.25) is 0 Å². The number of esters is 1. The first-order valence-electron chi connectivity index (χ1n) is 10.1. The van der Waals surface area contributed by atoms with Crippen LogP contribution < -0.4 is 5.32 Å². The highest BCUT2D eigenvalue weighted by atomic mass is 32.2. The second kappa shape index (κ2) is 10.8. The van der Waals surface area contributed by atoms with Gasteiger partial charge in [-0.3, -0.25) is 9.59 Å². The van der Waals surface area contributed by atoms with Crippen LogP contribution in [0.25, 0.3) is 0 Å². The fraction of sp³-hybridized carbons (Fsp3) is 0.364. The molecule has 0 aromatic heterocycles. The maximum absolute atomic E-state index is 12.6. The Labute approximate surface area is 187 Å². The third-order valence-corrected chi connectivity index (χ3v) is 7.75. The Balaban J connectivity index is 1.46. The molecule has 1 atom stereocenters. The predicted octanol–water partition coefficient (Wildman–Crippen LogP) is 3.52. The average Bonchev–Trinajstić information content (AvgIpc) is 3.31. The van der Waals surface area contributed by atoms with Crippen molar-refractivity contribution in [3.63, 3.8) is 0 Å². The first-order valence-corrected chi connectivity index (χ1v) is 12.6. The van der Waals surface area contributed by atoms with Crippen LogP contribution in [0.3, 0.4) is 0 Å². The monoisotopic (exact) mass is 462 g/mol. The van der Waals surface area contributed by atoms with E-state index in [-0.39, 0.29) is 11.3 Å². The van der Waals surface area contributed by atoms with Gasteiger partial charge in [-0.15, -0.1) is 11.8 Å². The van der Waals surface area contributed by atoms with Gasteiger partial charge in [-0.1, -0.05) is 18.2 Å². The maximum atomic E-state index is 12.6. The molecule has 9 heteroatoms. The number of carbonyl (C=O) groups excluding carboxylic acids is 2. The molecular formula is C22H26N2O5S2. The normalized spacial score (nSPS) is 15.4. The van der Waals surface area contributed by atoms with E-state index in [1.807, 2.05) is 30.3 Å². The molecule has 0 bridgehead atoms. The summed E-state index contributed by atoms with van der Waals surface area (Å²) in [6.07, 6.45) is 0.978. The Morgan fingerprint density at radius 2 is 1.71 bits per heavy atom. The molecule has 0 saturated carbocycles. The van der Waals surface area contributed by atoms with Gasteiger partial charge in [0.2, 0.25) is 10.0 Å². The number of ether oxygens (including phenoxy) is 1. The molecule has 2 aromatic rings. The topological polar surface area (TPSA) is 92.8 Å². The molecule has 2 aromatic carbocycles. The van der Waals surface area contributed by atoms with E-state index < -0.39 is 28.0 Å². The number of hydrogen-bond acceptors (Lipinski definition) is 6. The van der Waals surface area contributed by atoms with Gasteiger partial charge in [-0.05, 0) is 56.2 Å². The minimum Gasteiger partial charge on any atom is -0.453 e. The van der Waals surface area contributed by atoms with Gasteiger partial charge in [-0.2, -0.15) is 4.31 Å². The van der Waals surface area contributed by atoms with E-state index in [1.54, 1.807) is 11.8 Å².